The largest absolute Gasteiger partial charge is 0.480 e. The Morgan fingerprint density at radius 3 is 2.42 bits per heavy atom. The zero-order valence-corrected chi connectivity index (χ0v) is 16.9. The van der Waals surface area contributed by atoms with Gasteiger partial charge in [0.05, 0.1) is 6.61 Å². The number of carbonyl (C=O) groups is 3. The molecule has 1 aliphatic carbocycles. The molecule has 1 amide bonds. The molecule has 2 N–H and O–H groups in total. The number of rotatable bonds is 7. The van der Waals surface area contributed by atoms with Crippen LogP contribution in [0.4, 0.5) is 4.79 Å². The van der Waals surface area contributed by atoms with E-state index in [4.69, 9.17) is 9.47 Å². The molecule has 8 nitrogen and oxygen atoms in total. The molecule has 0 saturated carbocycles. The van der Waals surface area contributed by atoms with E-state index in [9.17, 15) is 19.5 Å². The summed E-state index contributed by atoms with van der Waals surface area (Å²) in [6.07, 6.45) is -0.872. The summed E-state index contributed by atoms with van der Waals surface area (Å²) in [5.74, 6) is -1.13. The number of benzene rings is 2. The summed E-state index contributed by atoms with van der Waals surface area (Å²) >= 11 is 0. The average molecular weight is 424 g/mol. The maximum atomic E-state index is 12.4. The van der Waals surface area contributed by atoms with Crippen LogP contribution in [0.2, 0.25) is 0 Å². The van der Waals surface area contributed by atoms with Crippen LogP contribution in [0.15, 0.2) is 48.5 Å². The molecule has 0 bridgehead atoms. The Morgan fingerprint density at radius 1 is 1.16 bits per heavy atom. The van der Waals surface area contributed by atoms with Crippen molar-refractivity contribution >= 4 is 18.3 Å². The summed E-state index contributed by atoms with van der Waals surface area (Å²) in [7, 11) is 0. The Labute approximate surface area is 179 Å². The summed E-state index contributed by atoms with van der Waals surface area (Å²) in [5.41, 5.74) is 4.53. The highest BCUT2D eigenvalue weighted by Crippen LogP contribution is 2.44. The molecule has 2 aliphatic rings. The van der Waals surface area contributed by atoms with Crippen molar-refractivity contribution in [3.8, 4) is 11.1 Å². The molecule has 31 heavy (non-hydrogen) atoms. The molecule has 0 spiro atoms. The molecule has 0 aromatic heterocycles. The van der Waals surface area contributed by atoms with E-state index in [1.807, 2.05) is 36.4 Å². The van der Waals surface area contributed by atoms with Crippen LogP contribution in [0.1, 0.15) is 23.5 Å². The molecule has 1 saturated heterocycles. The average Bonchev–Trinajstić information content (AvgIpc) is 3.10. The predicted octanol–water partition coefficient (Wildman–Crippen LogP) is 2.23. The molecule has 8 heteroatoms. The topological polar surface area (TPSA) is 105 Å². The number of carboxylic acid groups (broad SMARTS) is 1. The number of nitrogens with zero attached hydrogens (tertiary/aromatic N) is 1. The zero-order valence-electron chi connectivity index (χ0n) is 16.9. The fraction of sp³-hybridized carbons (Fsp3) is 0.348. The van der Waals surface area contributed by atoms with Gasteiger partial charge in [-0.3, -0.25) is 15.0 Å². The molecule has 2 atom stereocenters. The molecule has 0 radical (unpaired) electrons. The quantitative estimate of drug-likeness (QED) is 0.657. The number of morpholine rings is 1. The normalized spacial score (nSPS) is 19.2. The van der Waals surface area contributed by atoms with E-state index in [1.54, 1.807) is 4.90 Å². The number of aliphatic carboxylic acids is 1. The Bertz CT molecular complexity index is 933. The van der Waals surface area contributed by atoms with Crippen LogP contribution in [0.25, 0.3) is 11.1 Å². The van der Waals surface area contributed by atoms with Crippen molar-refractivity contribution in [1.29, 1.82) is 0 Å². The van der Waals surface area contributed by atoms with Gasteiger partial charge in [0.1, 0.15) is 25.2 Å². The molecule has 1 aliphatic heterocycles. The van der Waals surface area contributed by atoms with Crippen molar-refractivity contribution in [2.45, 2.75) is 24.6 Å². The van der Waals surface area contributed by atoms with E-state index in [1.165, 1.54) is 0 Å². The van der Waals surface area contributed by atoms with E-state index in [0.717, 1.165) is 22.3 Å². The summed E-state index contributed by atoms with van der Waals surface area (Å²) in [4.78, 5) is 36.3. The lowest BCUT2D eigenvalue weighted by molar-refractivity contribution is -0.148. The van der Waals surface area contributed by atoms with Gasteiger partial charge in [-0.2, -0.15) is 0 Å². The highest BCUT2D eigenvalue weighted by Gasteiger charge is 2.32. The lowest BCUT2D eigenvalue weighted by Crippen LogP contribution is -2.55. The number of carbonyl (C=O) groups excluding carboxylic acids is 2. The van der Waals surface area contributed by atoms with Gasteiger partial charge in [-0.1, -0.05) is 48.5 Å². The monoisotopic (exact) mass is 424 g/mol. The minimum absolute atomic E-state index is 0.0501. The van der Waals surface area contributed by atoms with Crippen molar-refractivity contribution in [2.75, 3.05) is 26.3 Å². The maximum absolute atomic E-state index is 12.4. The molecular weight excluding hydrogens is 400 g/mol. The summed E-state index contributed by atoms with van der Waals surface area (Å²) in [5, 5.41) is 12.0. The molecule has 2 aromatic carbocycles. The first-order chi connectivity index (χ1) is 15.1. The third-order valence-corrected chi connectivity index (χ3v) is 5.77. The van der Waals surface area contributed by atoms with Crippen LogP contribution in [0.5, 0.6) is 0 Å². The van der Waals surface area contributed by atoms with Crippen LogP contribution in [0.3, 0.4) is 0 Å². The lowest BCUT2D eigenvalue weighted by Gasteiger charge is -2.35. The van der Waals surface area contributed by atoms with Gasteiger partial charge in [-0.25, -0.2) is 4.79 Å². The van der Waals surface area contributed by atoms with Gasteiger partial charge >= 0.3 is 12.1 Å². The van der Waals surface area contributed by atoms with Gasteiger partial charge < -0.3 is 19.4 Å². The van der Waals surface area contributed by atoms with Gasteiger partial charge in [0, 0.05) is 25.4 Å². The Kier molecular flexibility index (Phi) is 6.29. The summed E-state index contributed by atoms with van der Waals surface area (Å²) < 4.78 is 11.0. The second kappa shape index (κ2) is 9.28. The van der Waals surface area contributed by atoms with Crippen molar-refractivity contribution in [1.82, 2.24) is 10.2 Å². The van der Waals surface area contributed by atoms with Gasteiger partial charge in [0.25, 0.3) is 0 Å². The van der Waals surface area contributed by atoms with Crippen LogP contribution >= 0.6 is 0 Å². The van der Waals surface area contributed by atoms with Crippen LogP contribution in [-0.2, 0) is 19.1 Å². The SMILES string of the molecule is O=CCC(C(=O)O)N1CCOC(NC(=O)OCC2c3ccccc3-c3ccccc32)C1. The minimum Gasteiger partial charge on any atom is -0.480 e. The first kappa shape index (κ1) is 21.0. The van der Waals surface area contributed by atoms with Crippen molar-refractivity contribution in [3.63, 3.8) is 0 Å². The molecular formula is C23H24N2O6. The van der Waals surface area contributed by atoms with Gasteiger partial charge in [-0.15, -0.1) is 0 Å². The van der Waals surface area contributed by atoms with E-state index in [2.05, 4.69) is 17.4 Å². The standard InChI is InChI=1S/C23H24N2O6/c26-11-9-20(22(27)28)25-10-12-30-21(13-25)24-23(29)31-14-19-17-7-3-1-5-15(17)16-6-2-4-8-18(16)19/h1-8,11,19-21H,9-10,12-14H2,(H,24,29)(H,27,28). The van der Waals surface area contributed by atoms with Gasteiger partial charge in [0.2, 0.25) is 0 Å². The molecule has 1 fully saturated rings. The molecule has 2 unspecified atom stereocenters. The number of alkyl carbamates (subject to hydrolysis) is 1. The number of carboxylic acids is 1. The van der Waals surface area contributed by atoms with Gasteiger partial charge in [0.15, 0.2) is 0 Å². The summed E-state index contributed by atoms with van der Waals surface area (Å²) in [6.45, 7) is 0.957. The van der Waals surface area contributed by atoms with Crippen molar-refractivity contribution in [2.24, 2.45) is 0 Å². The Morgan fingerprint density at radius 2 is 1.81 bits per heavy atom. The smallest absolute Gasteiger partial charge is 0.409 e. The minimum atomic E-state index is -1.08. The number of ether oxygens (including phenoxy) is 2. The van der Waals surface area contributed by atoms with Crippen LogP contribution in [-0.4, -0.2) is 66.9 Å². The highest BCUT2D eigenvalue weighted by atomic mass is 16.6. The lowest BCUT2D eigenvalue weighted by atomic mass is 9.98. The number of hydrogen-bond donors (Lipinski definition) is 2. The molecule has 162 valence electrons. The fourth-order valence-corrected chi connectivity index (χ4v) is 4.31. The maximum Gasteiger partial charge on any atom is 0.409 e. The predicted molar refractivity (Wildman–Crippen MR) is 112 cm³/mol. The third kappa shape index (κ3) is 4.45. The number of amides is 1. The first-order valence-corrected chi connectivity index (χ1v) is 10.2. The van der Waals surface area contributed by atoms with Gasteiger partial charge in [-0.05, 0) is 22.3 Å². The zero-order chi connectivity index (χ0) is 21.8. The number of nitrogens with one attached hydrogen (secondary N) is 1. The first-order valence-electron chi connectivity index (χ1n) is 10.2. The molecule has 1 heterocycles. The number of hydrogen-bond acceptors (Lipinski definition) is 6. The van der Waals surface area contributed by atoms with E-state index in [-0.39, 0.29) is 32.1 Å². The van der Waals surface area contributed by atoms with E-state index >= 15 is 0 Å². The fourth-order valence-electron chi connectivity index (χ4n) is 4.31. The molecule has 2 aromatic rings. The van der Waals surface area contributed by atoms with E-state index in [0.29, 0.717) is 12.8 Å². The number of fused-ring (bicyclic) bond motifs is 3. The third-order valence-electron chi connectivity index (χ3n) is 5.77. The Hall–Kier alpha value is -3.23. The number of aldehydes is 1. The molecule has 4 rings (SSSR count). The van der Waals surface area contributed by atoms with Crippen LogP contribution in [0, 0.1) is 0 Å². The Balaban J connectivity index is 1.37. The highest BCUT2D eigenvalue weighted by molar-refractivity contribution is 5.79. The van der Waals surface area contributed by atoms with Crippen molar-refractivity contribution in [3.05, 3.63) is 59.7 Å². The van der Waals surface area contributed by atoms with Crippen LogP contribution < -0.4 is 5.32 Å². The summed E-state index contributed by atoms with van der Waals surface area (Å²) in [6, 6.07) is 15.2. The van der Waals surface area contributed by atoms with Crippen molar-refractivity contribution < 1.29 is 29.0 Å². The van der Waals surface area contributed by atoms with E-state index < -0.39 is 24.3 Å². The second-order valence-electron chi connectivity index (χ2n) is 7.58. The second-order valence-corrected chi connectivity index (χ2v) is 7.58.